The van der Waals surface area contributed by atoms with Gasteiger partial charge in [0.2, 0.25) is 11.8 Å². The molecular weight excluding hydrogens is 338 g/mol. The van der Waals surface area contributed by atoms with Crippen LogP contribution in [0.5, 0.6) is 0 Å². The number of halogens is 1. The number of carbonyl (C=O) groups is 2. The monoisotopic (exact) mass is 371 g/mol. The molecule has 2 amide bonds. The van der Waals surface area contributed by atoms with Crippen LogP contribution in [0.15, 0.2) is 0 Å². The van der Waals surface area contributed by atoms with E-state index >= 15 is 0 Å². The molecular formula is C19H34ClN3O2. The standard InChI is InChI=1S/C19H33N3O2.ClH/c1-3-15-5-9-21(12-15)17(23)11-19(7-8-20-14-19)18(24)22-10-6-16(4-2)13-22;/h15-16,20H,3-14H2,1-2H3;1H. The average Bonchev–Trinajstić information content (AvgIpc) is 3.33. The normalized spacial score (nSPS) is 32.1. The van der Waals surface area contributed by atoms with E-state index in [-0.39, 0.29) is 24.2 Å². The molecule has 3 unspecified atom stereocenters. The number of nitrogens with one attached hydrogen (secondary N) is 1. The van der Waals surface area contributed by atoms with Crippen molar-refractivity contribution in [2.45, 2.75) is 52.4 Å². The van der Waals surface area contributed by atoms with Crippen LogP contribution in [0.2, 0.25) is 0 Å². The second-order valence-electron chi connectivity index (χ2n) is 8.10. The van der Waals surface area contributed by atoms with Crippen molar-refractivity contribution in [2.24, 2.45) is 17.3 Å². The Morgan fingerprint density at radius 1 is 1.04 bits per heavy atom. The minimum absolute atomic E-state index is 0. The van der Waals surface area contributed by atoms with E-state index < -0.39 is 5.41 Å². The molecule has 3 rings (SSSR count). The van der Waals surface area contributed by atoms with Gasteiger partial charge in [-0.2, -0.15) is 0 Å². The van der Waals surface area contributed by atoms with Gasteiger partial charge < -0.3 is 15.1 Å². The van der Waals surface area contributed by atoms with Crippen LogP contribution in [0, 0.1) is 17.3 Å². The fourth-order valence-electron chi connectivity index (χ4n) is 4.63. The maximum atomic E-state index is 13.2. The van der Waals surface area contributed by atoms with E-state index in [4.69, 9.17) is 0 Å². The van der Waals surface area contributed by atoms with E-state index in [0.29, 0.717) is 24.8 Å². The summed E-state index contributed by atoms with van der Waals surface area (Å²) in [6.45, 7) is 9.42. The third-order valence-corrected chi connectivity index (χ3v) is 6.55. The lowest BCUT2D eigenvalue weighted by Gasteiger charge is -2.32. The third-order valence-electron chi connectivity index (χ3n) is 6.55. The number of carbonyl (C=O) groups excluding carboxylic acids is 2. The number of rotatable bonds is 5. The van der Waals surface area contributed by atoms with Gasteiger partial charge in [-0.1, -0.05) is 26.7 Å². The SMILES string of the molecule is CCC1CCN(C(=O)CC2(C(=O)N3CCC(CC)C3)CCNC2)C1.Cl. The number of nitrogens with zero attached hydrogens (tertiary/aromatic N) is 2. The molecule has 5 nitrogen and oxygen atoms in total. The molecule has 25 heavy (non-hydrogen) atoms. The summed E-state index contributed by atoms with van der Waals surface area (Å²) >= 11 is 0. The summed E-state index contributed by atoms with van der Waals surface area (Å²) in [6.07, 6.45) is 5.70. The fourth-order valence-corrected chi connectivity index (χ4v) is 4.63. The fraction of sp³-hybridized carbons (Fsp3) is 0.895. The van der Waals surface area contributed by atoms with Crippen molar-refractivity contribution in [3.05, 3.63) is 0 Å². The van der Waals surface area contributed by atoms with Gasteiger partial charge in [0.05, 0.1) is 5.41 Å². The zero-order chi connectivity index (χ0) is 17.2. The zero-order valence-electron chi connectivity index (χ0n) is 15.8. The summed E-state index contributed by atoms with van der Waals surface area (Å²) in [4.78, 5) is 30.1. The molecule has 0 aromatic carbocycles. The quantitative estimate of drug-likeness (QED) is 0.806. The van der Waals surface area contributed by atoms with Crippen molar-refractivity contribution in [1.29, 1.82) is 0 Å². The molecule has 3 saturated heterocycles. The van der Waals surface area contributed by atoms with Crippen LogP contribution in [-0.2, 0) is 9.59 Å². The summed E-state index contributed by atoms with van der Waals surface area (Å²) in [5.74, 6) is 1.70. The largest absolute Gasteiger partial charge is 0.342 e. The summed E-state index contributed by atoms with van der Waals surface area (Å²) < 4.78 is 0. The second kappa shape index (κ2) is 8.72. The van der Waals surface area contributed by atoms with Crippen LogP contribution < -0.4 is 5.32 Å². The van der Waals surface area contributed by atoms with Crippen molar-refractivity contribution >= 4 is 24.2 Å². The lowest BCUT2D eigenvalue weighted by Crippen LogP contribution is -2.47. The Morgan fingerprint density at radius 3 is 2.16 bits per heavy atom. The van der Waals surface area contributed by atoms with Crippen LogP contribution >= 0.6 is 12.4 Å². The molecule has 0 aromatic rings. The first-order valence-electron chi connectivity index (χ1n) is 9.86. The van der Waals surface area contributed by atoms with E-state index in [9.17, 15) is 9.59 Å². The average molecular weight is 372 g/mol. The lowest BCUT2D eigenvalue weighted by atomic mass is 9.81. The minimum atomic E-state index is -0.496. The van der Waals surface area contributed by atoms with Gasteiger partial charge in [0, 0.05) is 39.1 Å². The highest BCUT2D eigenvalue weighted by Crippen LogP contribution is 2.36. The molecule has 0 aromatic heterocycles. The van der Waals surface area contributed by atoms with Crippen LogP contribution in [0.4, 0.5) is 0 Å². The molecule has 144 valence electrons. The Hall–Kier alpha value is -0.810. The first-order valence-corrected chi connectivity index (χ1v) is 9.86. The molecule has 0 radical (unpaired) electrons. The van der Waals surface area contributed by atoms with Crippen LogP contribution in [-0.4, -0.2) is 60.9 Å². The zero-order valence-corrected chi connectivity index (χ0v) is 16.6. The molecule has 0 saturated carbocycles. The van der Waals surface area contributed by atoms with Gasteiger partial charge in [0.1, 0.15) is 0 Å². The van der Waals surface area contributed by atoms with Crippen molar-refractivity contribution in [3.63, 3.8) is 0 Å². The Labute approximate surface area is 158 Å². The van der Waals surface area contributed by atoms with E-state index in [1.54, 1.807) is 0 Å². The molecule has 0 spiro atoms. The molecule has 3 aliphatic rings. The van der Waals surface area contributed by atoms with Crippen molar-refractivity contribution < 1.29 is 9.59 Å². The number of amides is 2. The van der Waals surface area contributed by atoms with Gasteiger partial charge in [-0.25, -0.2) is 0 Å². The molecule has 3 heterocycles. The van der Waals surface area contributed by atoms with Gasteiger partial charge in [-0.05, 0) is 37.6 Å². The van der Waals surface area contributed by atoms with Gasteiger partial charge in [0.25, 0.3) is 0 Å². The lowest BCUT2D eigenvalue weighted by molar-refractivity contribution is -0.146. The molecule has 0 bridgehead atoms. The Bertz CT molecular complexity index is 479. The summed E-state index contributed by atoms with van der Waals surface area (Å²) in [6, 6.07) is 0. The predicted octanol–water partition coefficient (Wildman–Crippen LogP) is 2.30. The highest BCUT2D eigenvalue weighted by atomic mass is 35.5. The van der Waals surface area contributed by atoms with E-state index in [2.05, 4.69) is 19.2 Å². The summed E-state index contributed by atoms with van der Waals surface area (Å²) in [5, 5.41) is 3.34. The minimum Gasteiger partial charge on any atom is -0.342 e. The summed E-state index contributed by atoms with van der Waals surface area (Å²) in [7, 11) is 0. The summed E-state index contributed by atoms with van der Waals surface area (Å²) in [5.41, 5.74) is -0.496. The molecule has 6 heteroatoms. The van der Waals surface area contributed by atoms with Crippen molar-refractivity contribution in [3.8, 4) is 0 Å². The first kappa shape index (κ1) is 20.5. The smallest absolute Gasteiger partial charge is 0.230 e. The third kappa shape index (κ3) is 4.30. The molecule has 3 aliphatic heterocycles. The van der Waals surface area contributed by atoms with E-state index in [0.717, 1.165) is 64.8 Å². The molecule has 3 atom stereocenters. The second-order valence-corrected chi connectivity index (χ2v) is 8.10. The van der Waals surface area contributed by atoms with Crippen LogP contribution in [0.1, 0.15) is 52.4 Å². The van der Waals surface area contributed by atoms with Gasteiger partial charge >= 0.3 is 0 Å². The highest BCUT2D eigenvalue weighted by molar-refractivity contribution is 5.90. The first-order chi connectivity index (χ1) is 11.6. The Morgan fingerprint density at radius 2 is 1.64 bits per heavy atom. The molecule has 0 aliphatic carbocycles. The topological polar surface area (TPSA) is 52.7 Å². The highest BCUT2D eigenvalue weighted by Gasteiger charge is 2.47. The van der Waals surface area contributed by atoms with Gasteiger partial charge in [-0.15, -0.1) is 12.4 Å². The Balaban J connectivity index is 0.00000225. The maximum Gasteiger partial charge on any atom is 0.230 e. The van der Waals surface area contributed by atoms with Gasteiger partial charge in [-0.3, -0.25) is 9.59 Å². The van der Waals surface area contributed by atoms with Crippen molar-refractivity contribution in [1.82, 2.24) is 15.1 Å². The number of hydrogen-bond donors (Lipinski definition) is 1. The van der Waals surface area contributed by atoms with E-state index in [1.807, 2.05) is 9.80 Å². The van der Waals surface area contributed by atoms with E-state index in [1.165, 1.54) is 0 Å². The Kier molecular flexibility index (Phi) is 7.15. The predicted molar refractivity (Wildman–Crippen MR) is 102 cm³/mol. The number of likely N-dealkylation sites (tertiary alicyclic amines) is 2. The molecule has 3 fully saturated rings. The van der Waals surface area contributed by atoms with Crippen LogP contribution in [0.25, 0.3) is 0 Å². The number of hydrogen-bond acceptors (Lipinski definition) is 3. The maximum absolute atomic E-state index is 13.2. The van der Waals surface area contributed by atoms with Crippen LogP contribution in [0.3, 0.4) is 0 Å². The van der Waals surface area contributed by atoms with Crippen molar-refractivity contribution in [2.75, 3.05) is 39.3 Å². The van der Waals surface area contributed by atoms with Gasteiger partial charge in [0.15, 0.2) is 0 Å². The molecule has 1 N–H and O–H groups in total.